The summed E-state index contributed by atoms with van der Waals surface area (Å²) in [4.78, 5) is 20.1. The average molecular weight is 353 g/mol. The van der Waals surface area contributed by atoms with Gasteiger partial charge in [0, 0.05) is 32.2 Å². The molecule has 0 bridgehead atoms. The second-order valence-electron chi connectivity index (χ2n) is 5.19. The summed E-state index contributed by atoms with van der Waals surface area (Å²) in [5.74, 6) is -0.175. The molecule has 3 heterocycles. The first-order valence-electron chi connectivity index (χ1n) is 7.05. The Labute approximate surface area is 140 Å². The van der Waals surface area contributed by atoms with E-state index in [4.69, 9.17) is 19.4 Å². The van der Waals surface area contributed by atoms with E-state index in [2.05, 4.69) is 9.97 Å². The molecule has 0 aromatic carbocycles. The van der Waals surface area contributed by atoms with Crippen molar-refractivity contribution in [3.63, 3.8) is 0 Å². The van der Waals surface area contributed by atoms with Gasteiger partial charge in [0.1, 0.15) is 5.15 Å². The Morgan fingerprint density at radius 1 is 1.30 bits per heavy atom. The van der Waals surface area contributed by atoms with Crippen LogP contribution in [-0.4, -0.2) is 67.5 Å². The van der Waals surface area contributed by atoms with Crippen LogP contribution in [-0.2, 0) is 14.8 Å². The lowest BCUT2D eigenvalue weighted by atomic mass is 10.0. The number of sulfonamides is 1. The van der Waals surface area contributed by atoms with Gasteiger partial charge in [-0.3, -0.25) is 4.79 Å². The average Bonchev–Trinajstić information content (AvgIpc) is 2.98. The third-order valence-corrected chi connectivity index (χ3v) is 5.83. The first-order chi connectivity index (χ1) is 10.9. The van der Waals surface area contributed by atoms with Gasteiger partial charge in [-0.15, -0.1) is 0 Å². The SMILES string of the molecule is [B]CC(=O)N1CCN(S(=O)(=O)c2cc3nc(Cl)ccc3[nH]2)CC1. The smallest absolute Gasteiger partial charge is 0.258 e. The Morgan fingerprint density at radius 3 is 2.65 bits per heavy atom. The number of nitrogens with one attached hydrogen (secondary N) is 1. The Balaban J connectivity index is 1.82. The lowest BCUT2D eigenvalue weighted by Gasteiger charge is -2.33. The molecule has 120 valence electrons. The van der Waals surface area contributed by atoms with Crippen molar-refractivity contribution in [3.05, 3.63) is 23.4 Å². The van der Waals surface area contributed by atoms with Crippen molar-refractivity contribution >= 4 is 46.4 Å². The zero-order valence-corrected chi connectivity index (χ0v) is 13.8. The fourth-order valence-corrected chi connectivity index (χ4v) is 4.12. The van der Waals surface area contributed by atoms with Crippen LogP contribution in [0.2, 0.25) is 11.5 Å². The molecular weight excluding hydrogens is 339 g/mol. The summed E-state index contributed by atoms with van der Waals surface area (Å²) in [5, 5.41) is 0.371. The lowest BCUT2D eigenvalue weighted by Crippen LogP contribution is -2.50. The molecule has 0 atom stereocenters. The summed E-state index contributed by atoms with van der Waals surface area (Å²) in [5.41, 5.74) is 1.10. The van der Waals surface area contributed by atoms with Crippen molar-refractivity contribution in [3.8, 4) is 0 Å². The van der Waals surface area contributed by atoms with E-state index in [0.717, 1.165) is 0 Å². The number of hydrogen-bond donors (Lipinski definition) is 1. The number of hydrogen-bond acceptors (Lipinski definition) is 4. The highest BCUT2D eigenvalue weighted by Crippen LogP contribution is 2.22. The highest BCUT2D eigenvalue weighted by atomic mass is 35.5. The molecule has 1 saturated heterocycles. The molecule has 2 aromatic rings. The van der Waals surface area contributed by atoms with Gasteiger partial charge in [-0.2, -0.15) is 4.31 Å². The number of nitrogens with zero attached hydrogens (tertiary/aromatic N) is 3. The molecule has 3 rings (SSSR count). The van der Waals surface area contributed by atoms with Crippen LogP contribution in [0.3, 0.4) is 0 Å². The Morgan fingerprint density at radius 2 is 2.00 bits per heavy atom. The summed E-state index contributed by atoms with van der Waals surface area (Å²) in [7, 11) is 1.66. The number of carbonyl (C=O) groups is 1. The molecule has 2 aromatic heterocycles. The van der Waals surface area contributed by atoms with Gasteiger partial charge in [0.2, 0.25) is 5.91 Å². The summed E-state index contributed by atoms with van der Waals surface area (Å²) in [6.45, 7) is 1.13. The first kappa shape index (κ1) is 16.3. The van der Waals surface area contributed by atoms with Crippen LogP contribution in [0.5, 0.6) is 0 Å². The lowest BCUT2D eigenvalue weighted by molar-refractivity contribution is -0.129. The number of aromatic nitrogens is 2. The summed E-state index contributed by atoms with van der Waals surface area (Å²) >= 11 is 5.82. The second-order valence-corrected chi connectivity index (χ2v) is 7.48. The molecule has 10 heteroatoms. The maximum Gasteiger partial charge on any atom is 0.258 e. The standard InChI is InChI=1S/C13H14BClN4O3S/c14-8-13(20)18-3-5-19(6-4-18)23(21,22)12-7-10-9(17-12)1-2-11(15)16-10/h1-2,7,17H,3-6,8H2. The van der Waals surface area contributed by atoms with Gasteiger partial charge < -0.3 is 9.88 Å². The number of rotatable bonds is 3. The number of aromatic amines is 1. The maximum absolute atomic E-state index is 12.7. The van der Waals surface area contributed by atoms with Crippen molar-refractivity contribution in [2.45, 2.75) is 11.3 Å². The first-order valence-corrected chi connectivity index (χ1v) is 8.87. The third kappa shape index (κ3) is 3.08. The number of carbonyl (C=O) groups excluding carboxylic acids is 1. The number of piperazine rings is 1. The van der Waals surface area contributed by atoms with Crippen molar-refractivity contribution in [2.24, 2.45) is 0 Å². The topological polar surface area (TPSA) is 86.4 Å². The Kier molecular flexibility index (Phi) is 4.35. The van der Waals surface area contributed by atoms with Gasteiger partial charge in [0.05, 0.1) is 18.9 Å². The fourth-order valence-electron chi connectivity index (χ4n) is 2.54. The predicted octanol–water partition coefficient (Wildman–Crippen LogP) is 0.636. The molecular formula is C13H14BClN4O3S. The van der Waals surface area contributed by atoms with Crippen LogP contribution in [0, 0.1) is 0 Å². The number of H-pyrrole nitrogens is 1. The molecule has 0 spiro atoms. The van der Waals surface area contributed by atoms with Gasteiger partial charge in [0.25, 0.3) is 10.0 Å². The van der Waals surface area contributed by atoms with Crippen molar-refractivity contribution in [1.82, 2.24) is 19.2 Å². The molecule has 0 saturated carbocycles. The molecule has 1 aliphatic rings. The van der Waals surface area contributed by atoms with Crippen LogP contribution < -0.4 is 0 Å². The quantitative estimate of drug-likeness (QED) is 0.648. The van der Waals surface area contributed by atoms with E-state index >= 15 is 0 Å². The minimum atomic E-state index is -3.67. The van der Waals surface area contributed by atoms with Crippen molar-refractivity contribution < 1.29 is 13.2 Å². The number of amides is 1. The van der Waals surface area contributed by atoms with E-state index < -0.39 is 10.0 Å². The van der Waals surface area contributed by atoms with E-state index in [1.54, 1.807) is 17.0 Å². The van der Waals surface area contributed by atoms with E-state index in [9.17, 15) is 13.2 Å². The molecule has 0 aliphatic carbocycles. The minimum absolute atomic E-state index is 0.0683. The van der Waals surface area contributed by atoms with Crippen molar-refractivity contribution in [2.75, 3.05) is 26.2 Å². The predicted molar refractivity (Wildman–Crippen MR) is 87.0 cm³/mol. The zero-order chi connectivity index (χ0) is 16.6. The summed E-state index contributed by atoms with van der Waals surface area (Å²) in [6, 6.07) is 4.74. The van der Waals surface area contributed by atoms with Crippen molar-refractivity contribution in [1.29, 1.82) is 0 Å². The fraction of sp³-hybridized carbons (Fsp3) is 0.385. The van der Waals surface area contributed by atoms with Crippen LogP contribution in [0.25, 0.3) is 11.0 Å². The zero-order valence-electron chi connectivity index (χ0n) is 12.2. The second kappa shape index (κ2) is 6.14. The molecule has 23 heavy (non-hydrogen) atoms. The molecule has 7 nitrogen and oxygen atoms in total. The van der Waals surface area contributed by atoms with E-state index in [0.29, 0.717) is 29.3 Å². The summed E-state index contributed by atoms with van der Waals surface area (Å²) < 4.78 is 26.7. The Hall–Kier alpha value is -1.58. The van der Waals surface area contributed by atoms with E-state index in [1.165, 1.54) is 10.4 Å². The molecule has 1 fully saturated rings. The maximum atomic E-state index is 12.7. The van der Waals surface area contributed by atoms with Gasteiger partial charge >= 0.3 is 0 Å². The largest absolute Gasteiger partial charge is 0.343 e. The van der Waals surface area contributed by atoms with Gasteiger partial charge in [-0.1, -0.05) is 11.6 Å². The molecule has 1 amide bonds. The molecule has 1 N–H and O–H groups in total. The Bertz CT molecular complexity index is 846. The molecule has 2 radical (unpaired) electrons. The number of halogens is 1. The number of pyridine rings is 1. The van der Waals surface area contributed by atoms with Gasteiger partial charge in [-0.25, -0.2) is 13.4 Å². The van der Waals surface area contributed by atoms with Gasteiger partial charge in [-0.05, 0) is 18.5 Å². The van der Waals surface area contributed by atoms with Crippen LogP contribution in [0.15, 0.2) is 23.2 Å². The van der Waals surface area contributed by atoms with Crippen LogP contribution >= 0.6 is 11.6 Å². The number of fused-ring (bicyclic) bond motifs is 1. The molecule has 0 unspecified atom stereocenters. The normalized spacial score (nSPS) is 16.8. The molecule has 1 aliphatic heterocycles. The minimum Gasteiger partial charge on any atom is -0.343 e. The van der Waals surface area contributed by atoms with Gasteiger partial charge in [0.15, 0.2) is 5.03 Å². The van der Waals surface area contributed by atoms with Crippen LogP contribution in [0.1, 0.15) is 0 Å². The van der Waals surface area contributed by atoms with E-state index in [-0.39, 0.29) is 30.3 Å². The highest BCUT2D eigenvalue weighted by molar-refractivity contribution is 7.89. The van der Waals surface area contributed by atoms with E-state index in [1.807, 2.05) is 0 Å². The highest BCUT2D eigenvalue weighted by Gasteiger charge is 2.30. The van der Waals surface area contributed by atoms with Crippen LogP contribution in [0.4, 0.5) is 0 Å². The summed E-state index contributed by atoms with van der Waals surface area (Å²) in [6.07, 6.45) is -0.0683. The monoisotopic (exact) mass is 352 g/mol. The third-order valence-electron chi connectivity index (χ3n) is 3.80.